The normalized spacial score (nSPS) is 54.0. The number of rotatable bonds is 2. The van der Waals surface area contributed by atoms with Crippen molar-refractivity contribution in [2.75, 3.05) is 6.61 Å². The van der Waals surface area contributed by atoms with Crippen LogP contribution in [0.15, 0.2) is 0 Å². The first kappa shape index (κ1) is 16.4. The molecule has 0 heterocycles. The fourth-order valence-corrected chi connectivity index (χ4v) is 8.10. The molecule has 0 radical (unpaired) electrons. The first-order valence-electron chi connectivity index (χ1n) is 10.3. The predicted molar refractivity (Wildman–Crippen MR) is 92.9 cm³/mol. The second-order valence-electron chi connectivity index (χ2n) is 9.88. The zero-order valence-corrected chi connectivity index (χ0v) is 15.1. The van der Waals surface area contributed by atoms with E-state index in [1.807, 2.05) is 0 Å². The predicted octanol–water partition coefficient (Wildman–Crippen LogP) is 4.39. The molecule has 0 unspecified atom stereocenters. The molecule has 0 aromatic rings. The zero-order chi connectivity index (χ0) is 16.2. The van der Waals surface area contributed by atoms with Gasteiger partial charge in [-0.05, 0) is 91.8 Å². The Morgan fingerprint density at radius 3 is 2.43 bits per heavy atom. The van der Waals surface area contributed by atoms with Crippen LogP contribution in [0.1, 0.15) is 78.1 Å². The Morgan fingerprint density at radius 2 is 1.65 bits per heavy atom. The van der Waals surface area contributed by atoms with Crippen LogP contribution in [0, 0.1) is 40.4 Å². The quantitative estimate of drug-likeness (QED) is 0.792. The Hall–Kier alpha value is -0.0800. The van der Waals surface area contributed by atoms with E-state index in [2.05, 4.69) is 13.8 Å². The van der Waals surface area contributed by atoms with Crippen molar-refractivity contribution in [3.8, 4) is 0 Å². The van der Waals surface area contributed by atoms with Crippen LogP contribution >= 0.6 is 0 Å². The van der Waals surface area contributed by atoms with Crippen LogP contribution in [0.4, 0.5) is 0 Å². The van der Waals surface area contributed by atoms with Gasteiger partial charge in [-0.1, -0.05) is 26.7 Å². The van der Waals surface area contributed by atoms with E-state index >= 15 is 0 Å². The third kappa shape index (κ3) is 2.27. The molecule has 132 valence electrons. The number of aliphatic hydroxyl groups is 2. The summed E-state index contributed by atoms with van der Waals surface area (Å²) in [6.45, 7) is 5.02. The lowest BCUT2D eigenvalue weighted by atomic mass is 9.45. The molecule has 2 heteroatoms. The summed E-state index contributed by atoms with van der Waals surface area (Å²) in [6.07, 6.45) is 13.3. The Morgan fingerprint density at radius 1 is 0.870 bits per heavy atom. The second kappa shape index (κ2) is 5.73. The van der Waals surface area contributed by atoms with Crippen LogP contribution in [0.25, 0.3) is 0 Å². The van der Waals surface area contributed by atoms with Gasteiger partial charge in [0.25, 0.3) is 0 Å². The molecule has 0 aromatic heterocycles. The Kier molecular flexibility index (Phi) is 4.08. The van der Waals surface area contributed by atoms with Gasteiger partial charge in [0.15, 0.2) is 0 Å². The lowest BCUT2D eigenvalue weighted by Gasteiger charge is -2.60. The highest BCUT2D eigenvalue weighted by atomic mass is 16.3. The Bertz CT molecular complexity index is 449. The zero-order valence-electron chi connectivity index (χ0n) is 15.1. The minimum absolute atomic E-state index is 0.0547. The van der Waals surface area contributed by atoms with Crippen molar-refractivity contribution < 1.29 is 10.2 Å². The number of hydrogen-bond donors (Lipinski definition) is 2. The van der Waals surface area contributed by atoms with Crippen LogP contribution in [0.5, 0.6) is 0 Å². The summed E-state index contributed by atoms with van der Waals surface area (Å²) in [7, 11) is 0. The highest BCUT2D eigenvalue weighted by molar-refractivity contribution is 5.09. The van der Waals surface area contributed by atoms with Gasteiger partial charge in [-0.3, -0.25) is 0 Å². The summed E-state index contributed by atoms with van der Waals surface area (Å²) in [5, 5.41) is 19.8. The molecule has 0 saturated heterocycles. The van der Waals surface area contributed by atoms with Crippen LogP contribution in [-0.2, 0) is 0 Å². The van der Waals surface area contributed by atoms with Crippen LogP contribution in [0.2, 0.25) is 0 Å². The molecule has 0 aliphatic heterocycles. The first-order valence-corrected chi connectivity index (χ1v) is 10.3. The highest BCUT2D eigenvalue weighted by Crippen LogP contribution is 2.67. The molecule has 4 aliphatic rings. The molecule has 2 nitrogen and oxygen atoms in total. The first-order chi connectivity index (χ1) is 11.0. The van der Waals surface area contributed by atoms with Crippen molar-refractivity contribution in [3.05, 3.63) is 0 Å². The van der Waals surface area contributed by atoms with Gasteiger partial charge in [0.1, 0.15) is 0 Å². The van der Waals surface area contributed by atoms with Crippen LogP contribution < -0.4 is 0 Å². The summed E-state index contributed by atoms with van der Waals surface area (Å²) in [5.41, 5.74) is 0.886. The number of hydrogen-bond acceptors (Lipinski definition) is 2. The summed E-state index contributed by atoms with van der Waals surface area (Å²) in [4.78, 5) is 0. The molecule has 8 atom stereocenters. The molecule has 0 amide bonds. The molecule has 4 rings (SSSR count). The minimum Gasteiger partial charge on any atom is -0.394 e. The summed E-state index contributed by atoms with van der Waals surface area (Å²) in [6, 6.07) is 0. The number of aliphatic hydroxyl groups excluding tert-OH is 2. The maximum atomic E-state index is 10.3. The van der Waals surface area contributed by atoms with Crippen molar-refractivity contribution in [3.63, 3.8) is 0 Å². The average Bonchev–Trinajstić information content (AvgIpc) is 2.91. The van der Waals surface area contributed by atoms with Crippen LogP contribution in [-0.4, -0.2) is 22.9 Å². The van der Waals surface area contributed by atoms with Gasteiger partial charge in [-0.25, -0.2) is 0 Å². The fraction of sp³-hybridized carbons (Fsp3) is 1.00. The maximum absolute atomic E-state index is 10.3. The molecule has 0 aromatic carbocycles. The van der Waals surface area contributed by atoms with Gasteiger partial charge in [0.05, 0.1) is 12.7 Å². The molecule has 0 spiro atoms. The van der Waals surface area contributed by atoms with E-state index in [1.54, 1.807) is 0 Å². The largest absolute Gasteiger partial charge is 0.394 e. The SMILES string of the molecule is C[C@]12CC[C@@H]3[C@H](CC[C@H]4CCCC[C@@]43C)[C@@H]1CC[C@H]2[C@H](O)CO. The van der Waals surface area contributed by atoms with E-state index in [-0.39, 0.29) is 12.0 Å². The maximum Gasteiger partial charge on any atom is 0.0804 e. The summed E-state index contributed by atoms with van der Waals surface area (Å²) >= 11 is 0. The van der Waals surface area contributed by atoms with Gasteiger partial charge in [-0.15, -0.1) is 0 Å². The smallest absolute Gasteiger partial charge is 0.0804 e. The van der Waals surface area contributed by atoms with E-state index in [0.717, 1.165) is 30.1 Å². The van der Waals surface area contributed by atoms with Gasteiger partial charge in [0, 0.05) is 0 Å². The van der Waals surface area contributed by atoms with Crippen molar-refractivity contribution in [1.29, 1.82) is 0 Å². The minimum atomic E-state index is -0.497. The van der Waals surface area contributed by atoms with E-state index in [9.17, 15) is 10.2 Å². The molecule has 4 saturated carbocycles. The molecule has 4 aliphatic carbocycles. The monoisotopic (exact) mass is 320 g/mol. The molecule has 23 heavy (non-hydrogen) atoms. The lowest BCUT2D eigenvalue weighted by Crippen LogP contribution is -2.53. The molecular formula is C21H36O2. The third-order valence-electron chi connectivity index (χ3n) is 9.31. The van der Waals surface area contributed by atoms with Crippen molar-refractivity contribution in [2.45, 2.75) is 84.2 Å². The third-order valence-corrected chi connectivity index (χ3v) is 9.31. The summed E-state index contributed by atoms with van der Waals surface area (Å²) < 4.78 is 0. The second-order valence-corrected chi connectivity index (χ2v) is 9.88. The van der Waals surface area contributed by atoms with Crippen molar-refractivity contribution >= 4 is 0 Å². The number of fused-ring (bicyclic) bond motifs is 5. The van der Waals surface area contributed by atoms with E-state index in [1.165, 1.54) is 57.8 Å². The molecular weight excluding hydrogens is 284 g/mol. The van der Waals surface area contributed by atoms with Crippen molar-refractivity contribution in [1.82, 2.24) is 0 Å². The Balaban J connectivity index is 1.60. The molecule has 2 N–H and O–H groups in total. The van der Waals surface area contributed by atoms with Gasteiger partial charge >= 0.3 is 0 Å². The van der Waals surface area contributed by atoms with Gasteiger partial charge in [-0.2, -0.15) is 0 Å². The fourth-order valence-electron chi connectivity index (χ4n) is 8.10. The van der Waals surface area contributed by atoms with Crippen LogP contribution in [0.3, 0.4) is 0 Å². The summed E-state index contributed by atoms with van der Waals surface area (Å²) in [5.74, 6) is 3.94. The average molecular weight is 321 g/mol. The topological polar surface area (TPSA) is 40.5 Å². The molecule has 4 fully saturated rings. The van der Waals surface area contributed by atoms with E-state index in [0.29, 0.717) is 11.3 Å². The van der Waals surface area contributed by atoms with E-state index < -0.39 is 6.10 Å². The van der Waals surface area contributed by atoms with Crippen molar-refractivity contribution in [2.24, 2.45) is 40.4 Å². The standard InChI is InChI=1S/C21H36O2/c1-20-11-4-3-5-14(20)6-7-15-16-8-9-18(19(23)13-22)21(16,2)12-10-17(15)20/h14-19,22-23H,3-13H2,1-2H3/t14-,15-,16+,17-,18+,19-,20+,21+/m1/s1. The Labute approximate surface area is 142 Å². The lowest BCUT2D eigenvalue weighted by molar-refractivity contribution is -0.122. The van der Waals surface area contributed by atoms with E-state index in [4.69, 9.17) is 0 Å². The highest BCUT2D eigenvalue weighted by Gasteiger charge is 2.60. The molecule has 0 bridgehead atoms. The van der Waals surface area contributed by atoms with Gasteiger partial charge < -0.3 is 10.2 Å². The van der Waals surface area contributed by atoms with Gasteiger partial charge in [0.2, 0.25) is 0 Å².